The molecule has 0 saturated heterocycles. The van der Waals surface area contributed by atoms with Crippen LogP contribution in [0.2, 0.25) is 0 Å². The van der Waals surface area contributed by atoms with Crippen LogP contribution in [0.5, 0.6) is 0 Å². The molecular weight excluding hydrogens is 374 g/mol. The van der Waals surface area contributed by atoms with Crippen molar-refractivity contribution in [2.24, 2.45) is 0 Å². The first kappa shape index (κ1) is 21.2. The SMILES string of the molecule is CC(C)(C)c1ccccc1Nc1ccccc1-c1ccc(C(C)(C)C)c2ccccc12. The molecule has 0 aliphatic rings. The molecule has 0 fully saturated rings. The first-order chi connectivity index (χ1) is 14.7. The third kappa shape index (κ3) is 4.23. The smallest absolute Gasteiger partial charge is 0.0464 e. The molecule has 0 radical (unpaired) electrons. The van der Waals surface area contributed by atoms with Crippen LogP contribution in [0.1, 0.15) is 52.7 Å². The summed E-state index contributed by atoms with van der Waals surface area (Å²) < 4.78 is 0. The summed E-state index contributed by atoms with van der Waals surface area (Å²) in [5.74, 6) is 0. The molecule has 4 rings (SSSR count). The lowest BCUT2D eigenvalue weighted by Crippen LogP contribution is -2.13. The minimum Gasteiger partial charge on any atom is -0.355 e. The van der Waals surface area contributed by atoms with E-state index >= 15 is 0 Å². The molecule has 31 heavy (non-hydrogen) atoms. The van der Waals surface area contributed by atoms with Gasteiger partial charge in [-0.2, -0.15) is 0 Å². The molecule has 0 bridgehead atoms. The van der Waals surface area contributed by atoms with Gasteiger partial charge in [0.1, 0.15) is 0 Å². The zero-order valence-corrected chi connectivity index (χ0v) is 19.6. The molecule has 158 valence electrons. The summed E-state index contributed by atoms with van der Waals surface area (Å²) in [6.45, 7) is 13.6. The first-order valence-electron chi connectivity index (χ1n) is 11.1. The van der Waals surface area contributed by atoms with Crippen LogP contribution in [0.3, 0.4) is 0 Å². The molecule has 0 aliphatic heterocycles. The number of rotatable bonds is 3. The molecule has 0 spiro atoms. The van der Waals surface area contributed by atoms with E-state index in [9.17, 15) is 0 Å². The zero-order valence-electron chi connectivity index (χ0n) is 19.6. The van der Waals surface area contributed by atoms with Crippen LogP contribution in [0.4, 0.5) is 11.4 Å². The van der Waals surface area contributed by atoms with Gasteiger partial charge < -0.3 is 5.32 Å². The lowest BCUT2D eigenvalue weighted by molar-refractivity contribution is 0.592. The first-order valence-corrected chi connectivity index (χ1v) is 11.1. The van der Waals surface area contributed by atoms with Crippen molar-refractivity contribution in [3.8, 4) is 11.1 Å². The van der Waals surface area contributed by atoms with Crippen LogP contribution in [-0.4, -0.2) is 0 Å². The highest BCUT2D eigenvalue weighted by Gasteiger charge is 2.20. The summed E-state index contributed by atoms with van der Waals surface area (Å²) in [5, 5.41) is 6.39. The standard InChI is InChI=1S/C30H33N/c1-29(2,3)25-20-19-22(21-13-7-8-14-23(21)25)24-15-9-11-17-27(24)31-28-18-12-10-16-26(28)30(4,5)6/h7-20,31H,1-6H3. The number of anilines is 2. The monoisotopic (exact) mass is 407 g/mol. The molecule has 0 amide bonds. The highest BCUT2D eigenvalue weighted by molar-refractivity contribution is 6.02. The van der Waals surface area contributed by atoms with Gasteiger partial charge in [-0.1, -0.05) is 114 Å². The van der Waals surface area contributed by atoms with Crippen molar-refractivity contribution in [3.63, 3.8) is 0 Å². The Labute approximate surface area is 187 Å². The average Bonchev–Trinajstić information content (AvgIpc) is 2.72. The Morgan fingerprint density at radius 3 is 1.68 bits per heavy atom. The van der Waals surface area contributed by atoms with Crippen molar-refractivity contribution in [1.29, 1.82) is 0 Å². The van der Waals surface area contributed by atoms with Crippen molar-refractivity contribution < 1.29 is 0 Å². The van der Waals surface area contributed by atoms with Crippen molar-refractivity contribution in [1.82, 2.24) is 0 Å². The van der Waals surface area contributed by atoms with Gasteiger partial charge in [-0.25, -0.2) is 0 Å². The Balaban J connectivity index is 1.88. The Bertz CT molecular complexity index is 1220. The summed E-state index contributed by atoms with van der Waals surface area (Å²) >= 11 is 0. The molecule has 4 aromatic carbocycles. The Hall–Kier alpha value is -3.06. The molecule has 1 N–H and O–H groups in total. The van der Waals surface area contributed by atoms with E-state index in [4.69, 9.17) is 0 Å². The number of para-hydroxylation sites is 2. The van der Waals surface area contributed by atoms with Gasteiger partial charge in [0.15, 0.2) is 0 Å². The van der Waals surface area contributed by atoms with E-state index in [-0.39, 0.29) is 10.8 Å². The predicted octanol–water partition coefficient (Wildman–Crippen LogP) is 8.85. The molecule has 0 heterocycles. The van der Waals surface area contributed by atoms with E-state index < -0.39 is 0 Å². The van der Waals surface area contributed by atoms with E-state index in [1.807, 2.05) is 0 Å². The fourth-order valence-corrected chi connectivity index (χ4v) is 4.41. The summed E-state index contributed by atoms with van der Waals surface area (Å²) in [6, 6.07) is 30.7. The van der Waals surface area contributed by atoms with Crippen molar-refractivity contribution in [2.45, 2.75) is 52.4 Å². The summed E-state index contributed by atoms with van der Waals surface area (Å²) in [5.41, 5.74) is 7.66. The summed E-state index contributed by atoms with van der Waals surface area (Å²) in [6.07, 6.45) is 0. The van der Waals surface area contributed by atoms with Crippen molar-refractivity contribution in [3.05, 3.63) is 96.1 Å². The van der Waals surface area contributed by atoms with Gasteiger partial charge in [-0.15, -0.1) is 0 Å². The largest absolute Gasteiger partial charge is 0.355 e. The average molecular weight is 408 g/mol. The third-order valence-electron chi connectivity index (χ3n) is 5.95. The topological polar surface area (TPSA) is 12.0 Å². The number of nitrogens with one attached hydrogen (secondary N) is 1. The second-order valence-electron chi connectivity index (χ2n) is 10.4. The predicted molar refractivity (Wildman–Crippen MR) is 137 cm³/mol. The minimum absolute atomic E-state index is 0.0690. The molecular formula is C30H33N. The van der Waals surface area contributed by atoms with Gasteiger partial charge >= 0.3 is 0 Å². The quantitative estimate of drug-likeness (QED) is 0.357. The Morgan fingerprint density at radius 2 is 1.00 bits per heavy atom. The Morgan fingerprint density at radius 1 is 0.452 bits per heavy atom. The van der Waals surface area contributed by atoms with Crippen molar-refractivity contribution >= 4 is 22.1 Å². The summed E-state index contributed by atoms with van der Waals surface area (Å²) in [4.78, 5) is 0. The molecule has 0 aliphatic carbocycles. The van der Waals surface area contributed by atoms with Gasteiger partial charge in [0.2, 0.25) is 0 Å². The highest BCUT2D eigenvalue weighted by Crippen LogP contribution is 2.40. The number of benzene rings is 4. The zero-order chi connectivity index (χ0) is 22.2. The lowest BCUT2D eigenvalue weighted by Gasteiger charge is -2.25. The number of hydrogen-bond acceptors (Lipinski definition) is 1. The molecule has 0 unspecified atom stereocenters. The molecule has 0 aromatic heterocycles. The number of hydrogen-bond donors (Lipinski definition) is 1. The normalized spacial score (nSPS) is 12.2. The van der Waals surface area contributed by atoms with E-state index in [1.54, 1.807) is 0 Å². The molecule has 0 saturated carbocycles. The second-order valence-corrected chi connectivity index (χ2v) is 10.4. The fraction of sp³-hybridized carbons (Fsp3) is 0.267. The van der Waals surface area contributed by atoms with Gasteiger partial charge in [-0.05, 0) is 50.4 Å². The highest BCUT2D eigenvalue weighted by atomic mass is 14.9. The summed E-state index contributed by atoms with van der Waals surface area (Å²) in [7, 11) is 0. The van der Waals surface area contributed by atoms with Crippen LogP contribution >= 0.6 is 0 Å². The molecule has 1 nitrogen and oxygen atoms in total. The van der Waals surface area contributed by atoms with Crippen LogP contribution < -0.4 is 5.32 Å². The molecule has 0 atom stereocenters. The Kier molecular flexibility index (Phi) is 5.39. The third-order valence-corrected chi connectivity index (χ3v) is 5.95. The fourth-order valence-electron chi connectivity index (χ4n) is 4.41. The van der Waals surface area contributed by atoms with Crippen molar-refractivity contribution in [2.75, 3.05) is 5.32 Å². The van der Waals surface area contributed by atoms with E-state index in [2.05, 4.69) is 132 Å². The second kappa shape index (κ2) is 7.89. The maximum atomic E-state index is 3.76. The van der Waals surface area contributed by atoms with Crippen LogP contribution in [0, 0.1) is 0 Å². The minimum atomic E-state index is 0.0690. The van der Waals surface area contributed by atoms with Gasteiger partial charge in [0.05, 0.1) is 0 Å². The molecule has 4 aromatic rings. The molecule has 1 heteroatoms. The van der Waals surface area contributed by atoms with E-state index in [0.29, 0.717) is 0 Å². The van der Waals surface area contributed by atoms with Crippen LogP contribution in [0.25, 0.3) is 21.9 Å². The maximum absolute atomic E-state index is 3.76. The number of fused-ring (bicyclic) bond motifs is 1. The van der Waals surface area contributed by atoms with E-state index in [1.165, 1.54) is 33.0 Å². The van der Waals surface area contributed by atoms with Crippen LogP contribution in [-0.2, 0) is 10.8 Å². The lowest BCUT2D eigenvalue weighted by atomic mass is 9.82. The van der Waals surface area contributed by atoms with E-state index in [0.717, 1.165) is 11.4 Å². The van der Waals surface area contributed by atoms with Gasteiger partial charge in [0.25, 0.3) is 0 Å². The maximum Gasteiger partial charge on any atom is 0.0464 e. The van der Waals surface area contributed by atoms with Gasteiger partial charge in [-0.3, -0.25) is 0 Å². The van der Waals surface area contributed by atoms with Gasteiger partial charge in [0, 0.05) is 16.9 Å². The van der Waals surface area contributed by atoms with Crippen LogP contribution in [0.15, 0.2) is 84.9 Å².